The Labute approximate surface area is 212 Å². The number of carbonyl (C=O) groups is 2. The molecule has 3 rings (SSSR count). The van der Waals surface area contributed by atoms with Crippen LogP contribution in [0.1, 0.15) is 37.3 Å². The Morgan fingerprint density at radius 2 is 1.69 bits per heavy atom. The minimum atomic E-state index is -3.47. The smallest absolute Gasteiger partial charge is 0.243 e. The summed E-state index contributed by atoms with van der Waals surface area (Å²) in [6, 6.07) is 13.2. The second kappa shape index (κ2) is 12.3. The molecule has 9 heteroatoms. The van der Waals surface area contributed by atoms with Crippen LogP contribution in [0.25, 0.3) is 0 Å². The number of benzene rings is 2. The lowest BCUT2D eigenvalue weighted by molar-refractivity contribution is -0.140. The van der Waals surface area contributed by atoms with E-state index in [2.05, 4.69) is 11.9 Å². The van der Waals surface area contributed by atoms with Crippen LogP contribution in [0.3, 0.4) is 0 Å². The molecule has 7 nitrogen and oxygen atoms in total. The summed E-state index contributed by atoms with van der Waals surface area (Å²) in [6.07, 6.45) is 3.97. The van der Waals surface area contributed by atoms with E-state index in [4.69, 9.17) is 11.6 Å². The molecule has 2 aromatic carbocycles. The van der Waals surface area contributed by atoms with Crippen molar-refractivity contribution >= 4 is 33.4 Å². The first-order valence-electron chi connectivity index (χ1n) is 11.7. The second-order valence-corrected chi connectivity index (χ2v) is 11.0. The van der Waals surface area contributed by atoms with Gasteiger partial charge < -0.3 is 10.2 Å². The first-order chi connectivity index (χ1) is 16.7. The molecule has 188 valence electrons. The van der Waals surface area contributed by atoms with E-state index in [9.17, 15) is 18.0 Å². The topological polar surface area (TPSA) is 86.8 Å². The highest BCUT2D eigenvalue weighted by molar-refractivity contribution is 7.89. The summed E-state index contributed by atoms with van der Waals surface area (Å²) in [7, 11) is -3.47. The van der Waals surface area contributed by atoms with E-state index in [0.717, 1.165) is 24.0 Å². The van der Waals surface area contributed by atoms with Gasteiger partial charge in [0.05, 0.1) is 4.90 Å². The van der Waals surface area contributed by atoms with Crippen LogP contribution in [0, 0.1) is 0 Å². The van der Waals surface area contributed by atoms with Crippen molar-refractivity contribution in [1.82, 2.24) is 14.5 Å². The van der Waals surface area contributed by atoms with Crippen molar-refractivity contribution in [3.05, 3.63) is 77.3 Å². The van der Waals surface area contributed by atoms with Crippen LogP contribution in [0.2, 0.25) is 5.02 Å². The van der Waals surface area contributed by atoms with Gasteiger partial charge in [0.25, 0.3) is 0 Å². The van der Waals surface area contributed by atoms with Gasteiger partial charge in [0.15, 0.2) is 0 Å². The van der Waals surface area contributed by atoms with Crippen molar-refractivity contribution in [2.75, 3.05) is 19.6 Å². The van der Waals surface area contributed by atoms with Gasteiger partial charge in [0, 0.05) is 37.6 Å². The van der Waals surface area contributed by atoms with Gasteiger partial charge in [0.1, 0.15) is 6.04 Å². The Bertz CT molecular complexity index is 1130. The Kier molecular flexibility index (Phi) is 9.48. The van der Waals surface area contributed by atoms with Crippen LogP contribution >= 0.6 is 11.6 Å². The number of rotatable bonds is 11. The SMILES string of the molecule is C=CCNC(=O)[C@H](C)N(Cc1ccc(Cl)cc1)C(=O)CCc1ccc(S(=O)(=O)N2CCCC2)cc1. The zero-order valence-electron chi connectivity index (χ0n) is 20.0. The minimum Gasteiger partial charge on any atom is -0.351 e. The maximum absolute atomic E-state index is 13.2. The lowest BCUT2D eigenvalue weighted by atomic mass is 10.1. The largest absolute Gasteiger partial charge is 0.351 e. The van der Waals surface area contributed by atoms with Crippen LogP contribution in [0.15, 0.2) is 66.1 Å². The Morgan fingerprint density at radius 1 is 1.09 bits per heavy atom. The van der Waals surface area contributed by atoms with Crippen molar-refractivity contribution in [3.8, 4) is 0 Å². The number of amides is 2. The van der Waals surface area contributed by atoms with Crippen molar-refractivity contribution < 1.29 is 18.0 Å². The summed E-state index contributed by atoms with van der Waals surface area (Å²) in [5, 5.41) is 3.34. The summed E-state index contributed by atoms with van der Waals surface area (Å²) in [5.74, 6) is -0.432. The summed E-state index contributed by atoms with van der Waals surface area (Å²) in [4.78, 5) is 27.6. The predicted octanol–water partition coefficient (Wildman–Crippen LogP) is 3.78. The normalized spacial score (nSPS) is 14.9. The van der Waals surface area contributed by atoms with Gasteiger partial charge in [0.2, 0.25) is 21.8 Å². The van der Waals surface area contributed by atoms with E-state index in [1.807, 2.05) is 12.1 Å². The number of halogens is 1. The molecule has 0 saturated carbocycles. The lowest BCUT2D eigenvalue weighted by Gasteiger charge is -2.29. The van der Waals surface area contributed by atoms with Crippen LogP contribution in [0.4, 0.5) is 0 Å². The van der Waals surface area contributed by atoms with Gasteiger partial charge in [-0.1, -0.05) is 41.9 Å². The molecule has 1 N–H and O–H groups in total. The fraction of sp³-hybridized carbons (Fsp3) is 0.385. The van der Waals surface area contributed by atoms with E-state index in [1.54, 1.807) is 54.3 Å². The van der Waals surface area contributed by atoms with Gasteiger partial charge in [-0.3, -0.25) is 9.59 Å². The van der Waals surface area contributed by atoms with Gasteiger partial charge in [-0.05, 0) is 61.6 Å². The van der Waals surface area contributed by atoms with Crippen LogP contribution < -0.4 is 5.32 Å². The summed E-state index contributed by atoms with van der Waals surface area (Å²) >= 11 is 5.98. The van der Waals surface area contributed by atoms with E-state index in [1.165, 1.54) is 4.31 Å². The number of aryl methyl sites for hydroxylation is 1. The van der Waals surface area contributed by atoms with Crippen molar-refractivity contribution in [2.24, 2.45) is 0 Å². The molecule has 0 aliphatic carbocycles. The zero-order chi connectivity index (χ0) is 25.4. The van der Waals surface area contributed by atoms with Crippen molar-refractivity contribution in [2.45, 2.75) is 50.1 Å². The maximum Gasteiger partial charge on any atom is 0.243 e. The lowest BCUT2D eigenvalue weighted by Crippen LogP contribution is -2.47. The number of nitrogens with zero attached hydrogens (tertiary/aromatic N) is 2. The molecule has 1 fully saturated rings. The summed E-state index contributed by atoms with van der Waals surface area (Å²) in [5.41, 5.74) is 1.72. The molecule has 35 heavy (non-hydrogen) atoms. The third-order valence-corrected chi connectivity index (χ3v) is 8.27. The highest BCUT2D eigenvalue weighted by Crippen LogP contribution is 2.22. The Balaban J connectivity index is 1.68. The summed E-state index contributed by atoms with van der Waals surface area (Å²) in [6.45, 7) is 7.01. The van der Waals surface area contributed by atoms with Gasteiger partial charge in [-0.15, -0.1) is 6.58 Å². The third-order valence-electron chi connectivity index (χ3n) is 6.11. The van der Waals surface area contributed by atoms with E-state index < -0.39 is 16.1 Å². The van der Waals surface area contributed by atoms with Gasteiger partial charge in [-0.25, -0.2) is 8.42 Å². The Morgan fingerprint density at radius 3 is 2.29 bits per heavy atom. The zero-order valence-corrected chi connectivity index (χ0v) is 21.5. The molecule has 0 bridgehead atoms. The number of carbonyl (C=O) groups excluding carboxylic acids is 2. The Hall–Kier alpha value is -2.68. The number of hydrogen-bond donors (Lipinski definition) is 1. The highest BCUT2D eigenvalue weighted by Gasteiger charge is 2.28. The number of sulfonamides is 1. The van der Waals surface area contributed by atoms with Gasteiger partial charge >= 0.3 is 0 Å². The first kappa shape index (κ1) is 26.9. The molecule has 1 saturated heterocycles. The van der Waals surface area contributed by atoms with E-state index in [-0.39, 0.29) is 29.7 Å². The molecule has 1 atom stereocenters. The monoisotopic (exact) mass is 517 g/mol. The van der Waals surface area contributed by atoms with Gasteiger partial charge in [-0.2, -0.15) is 4.31 Å². The summed E-state index contributed by atoms with van der Waals surface area (Å²) < 4.78 is 27.0. The molecule has 2 amide bonds. The quantitative estimate of drug-likeness (QED) is 0.460. The molecule has 2 aromatic rings. The van der Waals surface area contributed by atoms with E-state index in [0.29, 0.717) is 31.1 Å². The highest BCUT2D eigenvalue weighted by atomic mass is 35.5. The third kappa shape index (κ3) is 7.16. The fourth-order valence-electron chi connectivity index (χ4n) is 3.99. The van der Waals surface area contributed by atoms with E-state index >= 15 is 0 Å². The van der Waals surface area contributed by atoms with Crippen LogP contribution in [-0.4, -0.2) is 55.1 Å². The molecule has 0 unspecified atom stereocenters. The van der Waals surface area contributed by atoms with Crippen molar-refractivity contribution in [3.63, 3.8) is 0 Å². The van der Waals surface area contributed by atoms with Crippen LogP contribution in [-0.2, 0) is 32.6 Å². The fourth-order valence-corrected chi connectivity index (χ4v) is 5.63. The second-order valence-electron chi connectivity index (χ2n) is 8.61. The molecule has 0 spiro atoms. The molecule has 1 heterocycles. The molecule has 0 radical (unpaired) electrons. The molecule has 0 aromatic heterocycles. The molecule has 1 aliphatic heterocycles. The standard InChI is InChI=1S/C26H32ClN3O4S/c1-3-16-28-26(32)20(2)30(19-22-6-11-23(27)12-7-22)25(31)15-10-21-8-13-24(14-9-21)35(33,34)29-17-4-5-18-29/h3,6-9,11-14,20H,1,4-5,10,15-19H2,2H3,(H,28,32)/t20-/m0/s1. The molecule has 1 aliphatic rings. The predicted molar refractivity (Wildman–Crippen MR) is 137 cm³/mol. The average Bonchev–Trinajstić information content (AvgIpc) is 3.41. The maximum atomic E-state index is 13.2. The first-order valence-corrected chi connectivity index (χ1v) is 13.6. The average molecular weight is 518 g/mol. The van der Waals surface area contributed by atoms with Crippen LogP contribution in [0.5, 0.6) is 0 Å². The molecular weight excluding hydrogens is 486 g/mol. The molecular formula is C26H32ClN3O4S. The van der Waals surface area contributed by atoms with Crippen molar-refractivity contribution in [1.29, 1.82) is 0 Å². The number of hydrogen-bond acceptors (Lipinski definition) is 4. The number of nitrogens with one attached hydrogen (secondary N) is 1. The minimum absolute atomic E-state index is 0.171.